The number of aromatic nitrogens is 1. The monoisotopic (exact) mass is 268 g/mol. The molecule has 0 amide bonds. The number of fused-ring (bicyclic) bond motifs is 1. The highest BCUT2D eigenvalue weighted by Gasteiger charge is 2.15. The fourth-order valence-corrected chi connectivity index (χ4v) is 2.90. The largest absolute Gasteiger partial charge is 0.316 e. The lowest BCUT2D eigenvalue weighted by molar-refractivity contribution is 0.0971. The molecule has 1 saturated heterocycles. The molecule has 3 rings (SSSR count). The van der Waals surface area contributed by atoms with Gasteiger partial charge in [0.25, 0.3) is 0 Å². The SMILES string of the molecule is O=C(CCC1CCCNC1)c1ccc2ncccc2c1. The Labute approximate surface area is 119 Å². The first kappa shape index (κ1) is 13.3. The fourth-order valence-electron chi connectivity index (χ4n) is 2.90. The Hall–Kier alpha value is -1.74. The molecule has 20 heavy (non-hydrogen) atoms. The second kappa shape index (κ2) is 6.14. The standard InChI is InChI=1S/C17H20N2O/c20-17(8-5-13-3-1-9-18-12-13)15-6-7-16-14(11-15)4-2-10-19-16/h2,4,6-7,10-11,13,18H,1,3,5,8-9,12H2. The van der Waals surface area contributed by atoms with Gasteiger partial charge in [0.05, 0.1) is 5.52 Å². The van der Waals surface area contributed by atoms with Gasteiger partial charge in [-0.1, -0.05) is 6.07 Å². The van der Waals surface area contributed by atoms with Crippen LogP contribution in [0.4, 0.5) is 0 Å². The van der Waals surface area contributed by atoms with Crippen LogP contribution in [0.5, 0.6) is 0 Å². The van der Waals surface area contributed by atoms with Crippen molar-refractivity contribution in [1.82, 2.24) is 10.3 Å². The van der Waals surface area contributed by atoms with Crippen LogP contribution in [0, 0.1) is 5.92 Å². The molecule has 1 aliphatic heterocycles. The van der Waals surface area contributed by atoms with E-state index in [0.717, 1.165) is 36.0 Å². The number of hydrogen-bond acceptors (Lipinski definition) is 3. The summed E-state index contributed by atoms with van der Waals surface area (Å²) in [6.07, 6.45) is 5.91. The summed E-state index contributed by atoms with van der Waals surface area (Å²) in [5.74, 6) is 0.913. The minimum absolute atomic E-state index is 0.251. The van der Waals surface area contributed by atoms with Crippen molar-refractivity contribution in [2.75, 3.05) is 13.1 Å². The van der Waals surface area contributed by atoms with Crippen molar-refractivity contribution in [3.8, 4) is 0 Å². The lowest BCUT2D eigenvalue weighted by Crippen LogP contribution is -2.30. The van der Waals surface area contributed by atoms with Gasteiger partial charge in [-0.25, -0.2) is 0 Å². The van der Waals surface area contributed by atoms with Crippen LogP contribution in [0.25, 0.3) is 10.9 Å². The molecule has 0 bridgehead atoms. The van der Waals surface area contributed by atoms with Gasteiger partial charge in [0, 0.05) is 23.6 Å². The zero-order valence-corrected chi connectivity index (χ0v) is 11.6. The van der Waals surface area contributed by atoms with Crippen molar-refractivity contribution in [1.29, 1.82) is 0 Å². The van der Waals surface area contributed by atoms with Crippen LogP contribution in [0.1, 0.15) is 36.0 Å². The molecule has 104 valence electrons. The minimum atomic E-state index is 0.251. The van der Waals surface area contributed by atoms with Gasteiger partial charge in [-0.2, -0.15) is 0 Å². The van der Waals surface area contributed by atoms with Crippen LogP contribution >= 0.6 is 0 Å². The van der Waals surface area contributed by atoms with Gasteiger partial charge in [-0.3, -0.25) is 9.78 Å². The zero-order valence-electron chi connectivity index (χ0n) is 11.6. The summed E-state index contributed by atoms with van der Waals surface area (Å²) in [6, 6.07) is 9.71. The predicted molar refractivity (Wildman–Crippen MR) is 80.9 cm³/mol. The van der Waals surface area contributed by atoms with E-state index < -0.39 is 0 Å². The number of rotatable bonds is 4. The molecule has 1 aliphatic rings. The lowest BCUT2D eigenvalue weighted by Gasteiger charge is -2.22. The molecule has 1 aromatic carbocycles. The quantitative estimate of drug-likeness (QED) is 0.866. The maximum absolute atomic E-state index is 12.3. The number of hydrogen-bond donors (Lipinski definition) is 1. The predicted octanol–water partition coefficient (Wildman–Crippen LogP) is 3.20. The summed E-state index contributed by atoms with van der Waals surface area (Å²) in [7, 11) is 0. The Kier molecular flexibility index (Phi) is 4.07. The van der Waals surface area contributed by atoms with E-state index in [2.05, 4.69) is 10.3 Å². The Morgan fingerprint density at radius 3 is 3.15 bits per heavy atom. The summed E-state index contributed by atoms with van der Waals surface area (Å²) < 4.78 is 0. The molecule has 1 aromatic heterocycles. The van der Waals surface area contributed by atoms with E-state index in [9.17, 15) is 4.79 Å². The van der Waals surface area contributed by atoms with Crippen molar-refractivity contribution >= 4 is 16.7 Å². The molecule has 2 aromatic rings. The Morgan fingerprint density at radius 1 is 1.35 bits per heavy atom. The van der Waals surface area contributed by atoms with Crippen molar-refractivity contribution in [3.63, 3.8) is 0 Å². The van der Waals surface area contributed by atoms with Gasteiger partial charge in [-0.15, -0.1) is 0 Å². The van der Waals surface area contributed by atoms with E-state index in [1.807, 2.05) is 30.3 Å². The van der Waals surface area contributed by atoms with Gasteiger partial charge in [0.15, 0.2) is 5.78 Å². The van der Waals surface area contributed by atoms with Crippen molar-refractivity contribution in [2.24, 2.45) is 5.92 Å². The smallest absolute Gasteiger partial charge is 0.162 e. The topological polar surface area (TPSA) is 42.0 Å². The summed E-state index contributed by atoms with van der Waals surface area (Å²) in [5.41, 5.74) is 1.76. The van der Waals surface area contributed by atoms with Crippen LogP contribution in [-0.4, -0.2) is 23.9 Å². The summed E-state index contributed by atoms with van der Waals surface area (Å²) >= 11 is 0. The molecule has 0 spiro atoms. The van der Waals surface area contributed by atoms with Gasteiger partial charge >= 0.3 is 0 Å². The molecule has 1 atom stereocenters. The third kappa shape index (κ3) is 3.05. The molecular weight excluding hydrogens is 248 g/mol. The minimum Gasteiger partial charge on any atom is -0.316 e. The number of piperidine rings is 1. The van der Waals surface area contributed by atoms with Gasteiger partial charge in [0.1, 0.15) is 0 Å². The first-order valence-electron chi connectivity index (χ1n) is 7.41. The number of nitrogens with one attached hydrogen (secondary N) is 1. The highest BCUT2D eigenvalue weighted by Crippen LogP contribution is 2.19. The van der Waals surface area contributed by atoms with E-state index in [1.165, 1.54) is 12.8 Å². The molecule has 3 nitrogen and oxygen atoms in total. The van der Waals surface area contributed by atoms with Crippen molar-refractivity contribution in [2.45, 2.75) is 25.7 Å². The molecule has 0 aliphatic carbocycles. The molecule has 2 heterocycles. The third-order valence-electron chi connectivity index (χ3n) is 4.10. The fraction of sp³-hybridized carbons (Fsp3) is 0.412. The molecular formula is C17H20N2O. The van der Waals surface area contributed by atoms with Crippen LogP contribution in [0.15, 0.2) is 36.5 Å². The Balaban J connectivity index is 1.65. The first-order valence-corrected chi connectivity index (χ1v) is 7.41. The molecule has 1 N–H and O–H groups in total. The second-order valence-electron chi connectivity index (χ2n) is 5.59. The maximum atomic E-state index is 12.3. The van der Waals surface area contributed by atoms with E-state index >= 15 is 0 Å². The number of ketones is 1. The summed E-state index contributed by atoms with van der Waals surface area (Å²) in [6.45, 7) is 2.19. The highest BCUT2D eigenvalue weighted by molar-refractivity contribution is 5.99. The maximum Gasteiger partial charge on any atom is 0.162 e. The van der Waals surface area contributed by atoms with Gasteiger partial charge in [-0.05, 0) is 62.5 Å². The number of benzene rings is 1. The van der Waals surface area contributed by atoms with Gasteiger partial charge < -0.3 is 5.32 Å². The number of carbonyl (C=O) groups excluding carboxylic acids is 1. The van der Waals surface area contributed by atoms with Crippen LogP contribution in [-0.2, 0) is 0 Å². The average molecular weight is 268 g/mol. The first-order chi connectivity index (χ1) is 9.83. The highest BCUT2D eigenvalue weighted by atomic mass is 16.1. The van der Waals surface area contributed by atoms with E-state index in [0.29, 0.717) is 12.3 Å². The van der Waals surface area contributed by atoms with Crippen molar-refractivity contribution in [3.05, 3.63) is 42.1 Å². The zero-order chi connectivity index (χ0) is 13.8. The molecule has 1 unspecified atom stereocenters. The number of pyridine rings is 1. The van der Waals surface area contributed by atoms with Crippen LogP contribution in [0.2, 0.25) is 0 Å². The van der Waals surface area contributed by atoms with Crippen molar-refractivity contribution < 1.29 is 4.79 Å². The number of nitrogens with zero attached hydrogens (tertiary/aromatic N) is 1. The van der Waals surface area contributed by atoms with E-state index in [1.54, 1.807) is 6.20 Å². The molecule has 0 saturated carbocycles. The second-order valence-corrected chi connectivity index (χ2v) is 5.59. The van der Waals surface area contributed by atoms with Crippen LogP contribution < -0.4 is 5.32 Å². The number of carbonyl (C=O) groups is 1. The van der Waals surface area contributed by atoms with E-state index in [4.69, 9.17) is 0 Å². The molecule has 3 heteroatoms. The molecule has 0 radical (unpaired) electrons. The van der Waals surface area contributed by atoms with Crippen LogP contribution in [0.3, 0.4) is 0 Å². The lowest BCUT2D eigenvalue weighted by atomic mass is 9.92. The molecule has 1 fully saturated rings. The Morgan fingerprint density at radius 2 is 2.30 bits per heavy atom. The van der Waals surface area contributed by atoms with Gasteiger partial charge in [0.2, 0.25) is 0 Å². The normalized spacial score (nSPS) is 19.1. The van der Waals surface area contributed by atoms with E-state index in [-0.39, 0.29) is 5.78 Å². The Bertz CT molecular complexity index is 603. The summed E-state index contributed by atoms with van der Waals surface area (Å²) in [4.78, 5) is 16.6. The average Bonchev–Trinajstić information content (AvgIpc) is 2.53. The third-order valence-corrected chi connectivity index (χ3v) is 4.10. The summed E-state index contributed by atoms with van der Waals surface area (Å²) in [5, 5.41) is 4.44. The number of Topliss-reactive ketones (excluding diaryl/α,β-unsaturated/α-hetero) is 1.